The quantitative estimate of drug-likeness (QED) is 0.153. The molecule has 0 spiro atoms. The first-order valence-corrected chi connectivity index (χ1v) is 6.79. The number of amides is 2. The average Bonchev–Trinajstić information content (AvgIpc) is 2.40. The lowest BCUT2D eigenvalue weighted by molar-refractivity contribution is -0.142. The molecule has 0 aromatic rings. The van der Waals surface area contributed by atoms with Gasteiger partial charge in [-0.1, -0.05) is 0 Å². The summed E-state index contributed by atoms with van der Waals surface area (Å²) in [5, 5.41) is 13.8. The molecule has 0 bridgehead atoms. The van der Waals surface area contributed by atoms with E-state index in [4.69, 9.17) is 22.3 Å². The van der Waals surface area contributed by atoms with Crippen LogP contribution in [0.5, 0.6) is 0 Å². The van der Waals surface area contributed by atoms with Crippen LogP contribution in [0.4, 0.5) is 0 Å². The topological polar surface area (TPSA) is 186 Å². The van der Waals surface area contributed by atoms with Gasteiger partial charge in [-0.15, -0.1) is 0 Å². The molecule has 0 saturated carbocycles. The van der Waals surface area contributed by atoms with Crippen LogP contribution in [0, 0.1) is 0 Å². The Labute approximate surface area is 128 Å². The monoisotopic (exact) mass is 316 g/mol. The molecule has 9 N–H and O–H groups in total. The van der Waals surface area contributed by atoms with E-state index in [0.29, 0.717) is 6.42 Å². The molecule has 2 amide bonds. The van der Waals surface area contributed by atoms with Crippen LogP contribution in [0.25, 0.3) is 0 Å². The van der Waals surface area contributed by atoms with Gasteiger partial charge in [-0.05, 0) is 26.7 Å². The Hall–Kier alpha value is -2.36. The number of aliphatic carboxylic acids is 1. The Morgan fingerprint density at radius 1 is 1.14 bits per heavy atom. The van der Waals surface area contributed by atoms with Gasteiger partial charge in [-0.25, -0.2) is 4.79 Å². The van der Waals surface area contributed by atoms with E-state index in [9.17, 15) is 14.4 Å². The van der Waals surface area contributed by atoms with Gasteiger partial charge in [0.05, 0.1) is 6.04 Å². The fourth-order valence-corrected chi connectivity index (χ4v) is 1.47. The first-order chi connectivity index (χ1) is 10.1. The summed E-state index contributed by atoms with van der Waals surface area (Å²) in [7, 11) is 0. The van der Waals surface area contributed by atoms with Crippen molar-refractivity contribution in [1.29, 1.82) is 0 Å². The number of hydrogen-bond donors (Lipinski definition) is 6. The number of carbonyl (C=O) groups excluding carboxylic acids is 2. The molecule has 3 unspecified atom stereocenters. The van der Waals surface area contributed by atoms with Crippen molar-refractivity contribution in [1.82, 2.24) is 10.6 Å². The lowest BCUT2D eigenvalue weighted by atomic mass is 10.1. The van der Waals surface area contributed by atoms with Gasteiger partial charge < -0.3 is 32.9 Å². The molecular formula is C12H24N6O4. The van der Waals surface area contributed by atoms with Crippen LogP contribution >= 0.6 is 0 Å². The van der Waals surface area contributed by atoms with Crippen LogP contribution < -0.4 is 27.8 Å². The van der Waals surface area contributed by atoms with Crippen molar-refractivity contribution in [3.8, 4) is 0 Å². The number of nitrogens with zero attached hydrogens (tertiary/aromatic N) is 1. The third-order valence-corrected chi connectivity index (χ3v) is 2.73. The van der Waals surface area contributed by atoms with Gasteiger partial charge in [-0.3, -0.25) is 14.6 Å². The van der Waals surface area contributed by atoms with Gasteiger partial charge in [0.25, 0.3) is 0 Å². The molecule has 0 aromatic heterocycles. The molecule has 22 heavy (non-hydrogen) atoms. The van der Waals surface area contributed by atoms with Crippen molar-refractivity contribution in [2.24, 2.45) is 22.2 Å². The molecular weight excluding hydrogens is 292 g/mol. The summed E-state index contributed by atoms with van der Waals surface area (Å²) in [6.45, 7) is 3.18. The van der Waals surface area contributed by atoms with Gasteiger partial charge in [-0.2, -0.15) is 0 Å². The molecule has 0 rings (SSSR count). The minimum absolute atomic E-state index is 0.0804. The first kappa shape index (κ1) is 19.6. The van der Waals surface area contributed by atoms with Crippen molar-refractivity contribution in [2.75, 3.05) is 6.54 Å². The maximum absolute atomic E-state index is 11.9. The van der Waals surface area contributed by atoms with E-state index in [0.717, 1.165) is 0 Å². The number of hydrogen-bond acceptors (Lipinski definition) is 5. The Kier molecular flexibility index (Phi) is 8.53. The Morgan fingerprint density at radius 3 is 2.18 bits per heavy atom. The van der Waals surface area contributed by atoms with Gasteiger partial charge >= 0.3 is 5.97 Å². The van der Waals surface area contributed by atoms with Crippen LogP contribution in [-0.4, -0.2) is 53.5 Å². The molecule has 126 valence electrons. The average molecular weight is 316 g/mol. The van der Waals surface area contributed by atoms with Crippen molar-refractivity contribution >= 4 is 23.7 Å². The Morgan fingerprint density at radius 2 is 1.73 bits per heavy atom. The zero-order valence-electron chi connectivity index (χ0n) is 12.7. The zero-order valence-corrected chi connectivity index (χ0v) is 12.7. The van der Waals surface area contributed by atoms with Gasteiger partial charge in [0.15, 0.2) is 5.96 Å². The van der Waals surface area contributed by atoms with Crippen LogP contribution in [0.2, 0.25) is 0 Å². The summed E-state index contributed by atoms with van der Waals surface area (Å²) in [4.78, 5) is 38.1. The maximum Gasteiger partial charge on any atom is 0.326 e. The highest BCUT2D eigenvalue weighted by Gasteiger charge is 2.24. The lowest BCUT2D eigenvalue weighted by Gasteiger charge is -2.19. The Balaban J connectivity index is 4.43. The Bertz CT molecular complexity index is 433. The maximum atomic E-state index is 11.9. The highest BCUT2D eigenvalue weighted by atomic mass is 16.4. The predicted molar refractivity (Wildman–Crippen MR) is 80.7 cm³/mol. The van der Waals surface area contributed by atoms with Crippen LogP contribution in [0.1, 0.15) is 26.7 Å². The molecule has 10 nitrogen and oxygen atoms in total. The fourth-order valence-electron chi connectivity index (χ4n) is 1.47. The van der Waals surface area contributed by atoms with Crippen LogP contribution in [0.15, 0.2) is 4.99 Å². The number of nitrogens with two attached hydrogens (primary N) is 3. The van der Waals surface area contributed by atoms with E-state index >= 15 is 0 Å². The molecule has 3 atom stereocenters. The van der Waals surface area contributed by atoms with Crippen molar-refractivity contribution < 1.29 is 19.5 Å². The predicted octanol–water partition coefficient (Wildman–Crippen LogP) is -2.54. The first-order valence-electron chi connectivity index (χ1n) is 6.79. The second-order valence-electron chi connectivity index (χ2n) is 4.87. The van der Waals surface area contributed by atoms with Gasteiger partial charge in [0.1, 0.15) is 12.1 Å². The van der Waals surface area contributed by atoms with Gasteiger partial charge in [0.2, 0.25) is 11.8 Å². The molecule has 0 fully saturated rings. The van der Waals surface area contributed by atoms with Crippen molar-refractivity contribution in [2.45, 2.75) is 44.8 Å². The molecule has 0 aliphatic rings. The van der Waals surface area contributed by atoms with E-state index in [-0.39, 0.29) is 18.9 Å². The lowest BCUT2D eigenvalue weighted by Crippen LogP contribution is -2.52. The number of carboxylic acids is 1. The number of carboxylic acid groups (broad SMARTS) is 1. The highest BCUT2D eigenvalue weighted by molar-refractivity contribution is 5.91. The largest absolute Gasteiger partial charge is 0.480 e. The zero-order chi connectivity index (χ0) is 17.3. The SMILES string of the molecule is CC(N)C(=O)NC(C)C(=O)NC(CCCN=C(N)N)C(=O)O. The van der Waals surface area contributed by atoms with Crippen molar-refractivity contribution in [3.05, 3.63) is 0 Å². The normalized spacial score (nSPS) is 14.3. The number of nitrogens with one attached hydrogen (secondary N) is 2. The molecule has 0 radical (unpaired) electrons. The minimum Gasteiger partial charge on any atom is -0.480 e. The standard InChI is InChI=1S/C12H24N6O4/c1-6(13)9(19)17-7(2)10(20)18-8(11(21)22)4-3-5-16-12(14)15/h6-8H,3-5,13H2,1-2H3,(H,17,19)(H,18,20)(H,21,22)(H4,14,15,16). The number of rotatable bonds is 9. The summed E-state index contributed by atoms with van der Waals surface area (Å²) < 4.78 is 0. The molecule has 0 aliphatic heterocycles. The molecule has 0 aromatic carbocycles. The molecule has 10 heteroatoms. The number of aliphatic imine (C=N–C) groups is 1. The van der Waals surface area contributed by atoms with Gasteiger partial charge in [0, 0.05) is 6.54 Å². The summed E-state index contributed by atoms with van der Waals surface area (Å²) in [6, 6.07) is -2.74. The molecule has 0 aliphatic carbocycles. The number of carbonyl (C=O) groups is 3. The summed E-state index contributed by atoms with van der Waals surface area (Å²) in [5.74, 6) is -2.36. The van der Waals surface area contributed by atoms with E-state index < -0.39 is 35.9 Å². The second kappa shape index (κ2) is 9.55. The molecule has 0 saturated heterocycles. The van der Waals surface area contributed by atoms with E-state index in [1.165, 1.54) is 13.8 Å². The number of guanidine groups is 1. The van der Waals surface area contributed by atoms with Crippen molar-refractivity contribution in [3.63, 3.8) is 0 Å². The smallest absolute Gasteiger partial charge is 0.326 e. The third-order valence-electron chi connectivity index (χ3n) is 2.73. The van der Waals surface area contributed by atoms with E-state index in [1.807, 2.05) is 0 Å². The molecule has 0 heterocycles. The summed E-state index contributed by atoms with van der Waals surface area (Å²) in [6.07, 6.45) is 0.543. The van der Waals surface area contributed by atoms with E-state index in [2.05, 4.69) is 15.6 Å². The second-order valence-corrected chi connectivity index (χ2v) is 4.87. The van der Waals surface area contributed by atoms with Crippen LogP contribution in [0.3, 0.4) is 0 Å². The van der Waals surface area contributed by atoms with E-state index in [1.54, 1.807) is 0 Å². The summed E-state index contributed by atoms with van der Waals surface area (Å²) >= 11 is 0. The highest BCUT2D eigenvalue weighted by Crippen LogP contribution is 1.99. The minimum atomic E-state index is -1.18. The fraction of sp³-hybridized carbons (Fsp3) is 0.667. The summed E-state index contributed by atoms with van der Waals surface area (Å²) in [5.41, 5.74) is 15.7. The third kappa shape index (κ3) is 8.04. The van der Waals surface area contributed by atoms with Crippen LogP contribution in [-0.2, 0) is 14.4 Å².